The molecule has 0 heterocycles. The monoisotopic (exact) mass is 345 g/mol. The van der Waals surface area contributed by atoms with Crippen molar-refractivity contribution in [2.24, 2.45) is 5.73 Å². The molecule has 0 aliphatic heterocycles. The largest absolute Gasteiger partial charge is 0.394 e. The van der Waals surface area contributed by atoms with E-state index in [4.69, 9.17) is 10.8 Å². The van der Waals surface area contributed by atoms with Crippen molar-refractivity contribution < 1.29 is 14.3 Å². The fourth-order valence-electron chi connectivity index (χ4n) is 2.46. The maximum atomic E-state index is 12.9. The Morgan fingerprint density at radius 1 is 1.28 bits per heavy atom. The van der Waals surface area contributed by atoms with E-state index in [-0.39, 0.29) is 18.3 Å². The molecule has 1 atom stereocenters. The van der Waals surface area contributed by atoms with Crippen molar-refractivity contribution in [2.45, 2.75) is 12.6 Å². The quantitative estimate of drug-likeness (QED) is 0.680. The summed E-state index contributed by atoms with van der Waals surface area (Å²) in [4.78, 5) is 14.3. The number of hydrogen-bond donors (Lipinski definition) is 3. The van der Waals surface area contributed by atoms with Crippen LogP contribution in [0.15, 0.2) is 48.5 Å². The van der Waals surface area contributed by atoms with Gasteiger partial charge in [-0.25, -0.2) is 4.39 Å². The zero-order valence-corrected chi connectivity index (χ0v) is 14.3. The van der Waals surface area contributed by atoms with E-state index in [9.17, 15) is 9.18 Å². The Morgan fingerprint density at radius 3 is 2.68 bits per heavy atom. The number of likely N-dealkylation sites (N-methyl/N-ethyl adjacent to an activating group) is 1. The summed E-state index contributed by atoms with van der Waals surface area (Å²) >= 11 is 0. The van der Waals surface area contributed by atoms with Gasteiger partial charge in [-0.1, -0.05) is 24.3 Å². The van der Waals surface area contributed by atoms with Gasteiger partial charge in [-0.2, -0.15) is 0 Å². The van der Waals surface area contributed by atoms with Gasteiger partial charge in [0.15, 0.2) is 0 Å². The zero-order valence-electron chi connectivity index (χ0n) is 14.3. The number of carbonyl (C=O) groups is 1. The molecule has 0 aliphatic carbocycles. The van der Waals surface area contributed by atoms with E-state index < -0.39 is 6.04 Å². The molecule has 4 N–H and O–H groups in total. The third kappa shape index (κ3) is 5.94. The van der Waals surface area contributed by atoms with Gasteiger partial charge in [-0.3, -0.25) is 4.79 Å². The molecule has 0 fully saturated rings. The fourth-order valence-corrected chi connectivity index (χ4v) is 2.46. The molecule has 0 saturated carbocycles. The minimum atomic E-state index is -0.491. The number of benzene rings is 2. The number of hydrogen-bond acceptors (Lipinski definition) is 4. The van der Waals surface area contributed by atoms with Crippen LogP contribution in [0.4, 0.5) is 4.39 Å². The molecular formula is C19H24FN3O2. The van der Waals surface area contributed by atoms with Crippen molar-refractivity contribution in [3.63, 3.8) is 0 Å². The maximum Gasteiger partial charge on any atom is 0.251 e. The summed E-state index contributed by atoms with van der Waals surface area (Å²) in [6.45, 7) is 1.67. The molecule has 0 aromatic heterocycles. The minimum Gasteiger partial charge on any atom is -0.394 e. The number of nitrogens with two attached hydrogens (primary N) is 1. The second kappa shape index (κ2) is 9.27. The van der Waals surface area contributed by atoms with Crippen LogP contribution in [-0.4, -0.2) is 42.7 Å². The lowest BCUT2D eigenvalue weighted by atomic mass is 10.0. The Morgan fingerprint density at radius 2 is 2.00 bits per heavy atom. The van der Waals surface area contributed by atoms with Crippen molar-refractivity contribution in [2.75, 3.05) is 26.7 Å². The third-order valence-corrected chi connectivity index (χ3v) is 3.92. The first kappa shape index (κ1) is 19.1. The van der Waals surface area contributed by atoms with Gasteiger partial charge in [0, 0.05) is 25.2 Å². The van der Waals surface area contributed by atoms with Gasteiger partial charge in [-0.05, 0) is 42.4 Å². The molecule has 1 amide bonds. The number of amides is 1. The van der Waals surface area contributed by atoms with Crippen molar-refractivity contribution >= 4 is 5.91 Å². The first-order valence-electron chi connectivity index (χ1n) is 8.17. The van der Waals surface area contributed by atoms with E-state index in [0.717, 1.165) is 11.1 Å². The van der Waals surface area contributed by atoms with Crippen molar-refractivity contribution in [1.29, 1.82) is 0 Å². The van der Waals surface area contributed by atoms with Crippen LogP contribution >= 0.6 is 0 Å². The van der Waals surface area contributed by atoms with Gasteiger partial charge in [0.05, 0.1) is 12.6 Å². The van der Waals surface area contributed by atoms with Gasteiger partial charge in [-0.15, -0.1) is 0 Å². The molecule has 5 nitrogen and oxygen atoms in total. The first-order valence-corrected chi connectivity index (χ1v) is 8.17. The molecule has 2 aromatic carbocycles. The van der Waals surface area contributed by atoms with Gasteiger partial charge in [0.1, 0.15) is 5.82 Å². The molecule has 6 heteroatoms. The predicted molar refractivity (Wildman–Crippen MR) is 95.5 cm³/mol. The van der Waals surface area contributed by atoms with Crippen LogP contribution in [0.1, 0.15) is 27.5 Å². The molecule has 0 aliphatic rings. The highest BCUT2D eigenvalue weighted by Crippen LogP contribution is 2.12. The molecule has 134 valence electrons. The molecular weight excluding hydrogens is 321 g/mol. The van der Waals surface area contributed by atoms with Crippen LogP contribution in [0.25, 0.3) is 0 Å². The maximum absolute atomic E-state index is 12.9. The Kier molecular flexibility index (Phi) is 7.06. The summed E-state index contributed by atoms with van der Waals surface area (Å²) < 4.78 is 12.9. The van der Waals surface area contributed by atoms with E-state index in [1.807, 2.05) is 11.9 Å². The van der Waals surface area contributed by atoms with Crippen molar-refractivity contribution in [3.05, 3.63) is 71.0 Å². The van der Waals surface area contributed by atoms with Gasteiger partial charge < -0.3 is 21.1 Å². The number of nitrogens with one attached hydrogen (secondary N) is 1. The summed E-state index contributed by atoms with van der Waals surface area (Å²) in [6.07, 6.45) is 0. The zero-order chi connectivity index (χ0) is 18.2. The predicted octanol–water partition coefficient (Wildman–Crippen LogP) is 1.68. The van der Waals surface area contributed by atoms with Crippen molar-refractivity contribution in [1.82, 2.24) is 10.2 Å². The average Bonchev–Trinajstić information content (AvgIpc) is 2.63. The Balaban J connectivity index is 1.80. The van der Waals surface area contributed by atoms with E-state index in [1.165, 1.54) is 12.1 Å². The number of aliphatic hydroxyl groups is 1. The summed E-state index contributed by atoms with van der Waals surface area (Å²) in [5.41, 5.74) is 8.03. The first-order chi connectivity index (χ1) is 12.0. The molecule has 0 spiro atoms. The highest BCUT2D eigenvalue weighted by Gasteiger charge is 2.10. The van der Waals surface area contributed by atoms with Crippen molar-refractivity contribution in [3.8, 4) is 0 Å². The normalized spacial score (nSPS) is 12.2. The molecule has 0 bridgehead atoms. The van der Waals surface area contributed by atoms with E-state index >= 15 is 0 Å². The average molecular weight is 345 g/mol. The molecule has 2 aromatic rings. The lowest BCUT2D eigenvalue weighted by molar-refractivity contribution is 0.0949. The Bertz CT molecular complexity index is 691. The molecule has 2 rings (SSSR count). The second-order valence-corrected chi connectivity index (χ2v) is 6.03. The van der Waals surface area contributed by atoms with E-state index in [2.05, 4.69) is 5.32 Å². The van der Waals surface area contributed by atoms with Gasteiger partial charge >= 0.3 is 0 Å². The second-order valence-electron chi connectivity index (χ2n) is 6.03. The number of aliphatic hydroxyl groups excluding tert-OH is 1. The van der Waals surface area contributed by atoms with E-state index in [0.29, 0.717) is 25.2 Å². The topological polar surface area (TPSA) is 78.6 Å². The van der Waals surface area contributed by atoms with Crippen LogP contribution in [-0.2, 0) is 6.54 Å². The Hall–Kier alpha value is -2.28. The van der Waals surface area contributed by atoms with Crippen LogP contribution in [0, 0.1) is 5.82 Å². The number of nitrogens with zero attached hydrogens (tertiary/aromatic N) is 1. The summed E-state index contributed by atoms with van der Waals surface area (Å²) in [5.74, 6) is -0.427. The molecule has 1 unspecified atom stereocenters. The fraction of sp³-hybridized carbons (Fsp3) is 0.316. The third-order valence-electron chi connectivity index (χ3n) is 3.92. The number of rotatable bonds is 8. The SMILES string of the molecule is CN(CCNC(=O)c1cccc(C(N)CO)c1)Cc1ccc(F)cc1. The van der Waals surface area contributed by atoms with Crippen LogP contribution in [0.3, 0.4) is 0 Å². The summed E-state index contributed by atoms with van der Waals surface area (Å²) in [6, 6.07) is 12.8. The van der Waals surface area contributed by atoms with Crippen LogP contribution in [0.5, 0.6) is 0 Å². The molecule has 25 heavy (non-hydrogen) atoms. The van der Waals surface area contributed by atoms with Gasteiger partial charge in [0.25, 0.3) is 5.91 Å². The Labute approximate surface area is 147 Å². The lowest BCUT2D eigenvalue weighted by Crippen LogP contribution is -2.32. The van der Waals surface area contributed by atoms with Gasteiger partial charge in [0.2, 0.25) is 0 Å². The highest BCUT2D eigenvalue weighted by molar-refractivity contribution is 5.94. The van der Waals surface area contributed by atoms with Crippen LogP contribution < -0.4 is 11.1 Å². The van der Waals surface area contributed by atoms with E-state index in [1.54, 1.807) is 36.4 Å². The number of carbonyl (C=O) groups excluding carboxylic acids is 1. The van der Waals surface area contributed by atoms with Crippen LogP contribution in [0.2, 0.25) is 0 Å². The smallest absolute Gasteiger partial charge is 0.251 e. The lowest BCUT2D eigenvalue weighted by Gasteiger charge is -2.17. The highest BCUT2D eigenvalue weighted by atomic mass is 19.1. The minimum absolute atomic E-state index is 0.167. The number of halogens is 1. The summed E-state index contributed by atoms with van der Waals surface area (Å²) in [5, 5.41) is 12.0. The molecule has 0 radical (unpaired) electrons. The molecule has 0 saturated heterocycles. The standard InChI is InChI=1S/C19H24FN3O2/c1-23(12-14-5-7-17(20)8-6-14)10-9-22-19(25)16-4-2-3-15(11-16)18(21)13-24/h2-8,11,18,24H,9-10,12-13,21H2,1H3,(H,22,25). The summed E-state index contributed by atoms with van der Waals surface area (Å²) in [7, 11) is 1.94.